The Balaban J connectivity index is 2.37. The topological polar surface area (TPSA) is 36.7 Å². The zero-order chi connectivity index (χ0) is 10.8. The number of halogens is 2. The zero-order valence-electron chi connectivity index (χ0n) is 7.33. The van der Waals surface area contributed by atoms with E-state index in [-0.39, 0.29) is 0 Å². The van der Waals surface area contributed by atoms with Gasteiger partial charge in [-0.05, 0) is 6.07 Å². The van der Waals surface area contributed by atoms with Crippen LogP contribution in [-0.2, 0) is 6.42 Å². The smallest absolute Gasteiger partial charge is 0.107 e. The molecule has 0 aliphatic heterocycles. The van der Waals surface area contributed by atoms with Gasteiger partial charge in [-0.1, -0.05) is 23.2 Å². The van der Waals surface area contributed by atoms with Crippen LogP contribution in [0, 0.1) is 11.3 Å². The highest BCUT2D eigenvalue weighted by molar-refractivity contribution is 7.20. The minimum Gasteiger partial charge on any atom is -0.240 e. The Morgan fingerprint density at radius 1 is 1.47 bits per heavy atom. The Kier molecular flexibility index (Phi) is 3.27. The molecule has 0 fully saturated rings. The number of aromatic nitrogens is 1. The van der Waals surface area contributed by atoms with Crippen LogP contribution < -0.4 is 0 Å². The van der Waals surface area contributed by atoms with Crippen molar-refractivity contribution in [1.82, 2.24) is 4.98 Å². The minimum absolute atomic E-state index is 0.333. The number of hydrogen-bond acceptors (Lipinski definition) is 4. The number of thiophene rings is 1. The Hall–Kier alpha value is -0.600. The van der Waals surface area contributed by atoms with Crippen LogP contribution >= 0.6 is 45.9 Å². The average molecular weight is 275 g/mol. The fourth-order valence-electron chi connectivity index (χ4n) is 1.10. The molecule has 2 rings (SSSR count). The molecule has 0 N–H and O–H groups in total. The fourth-order valence-corrected chi connectivity index (χ4v) is 3.31. The second kappa shape index (κ2) is 4.50. The summed E-state index contributed by atoms with van der Waals surface area (Å²) < 4.78 is 1.28. The van der Waals surface area contributed by atoms with Crippen LogP contribution in [0.15, 0.2) is 11.4 Å². The molecule has 0 atom stereocenters. The molecule has 0 radical (unpaired) electrons. The molecule has 2 aromatic rings. The highest BCUT2D eigenvalue weighted by Gasteiger charge is 2.11. The molecule has 0 bridgehead atoms. The maximum absolute atomic E-state index is 8.53. The van der Waals surface area contributed by atoms with Crippen LogP contribution in [0.2, 0.25) is 8.67 Å². The van der Waals surface area contributed by atoms with Gasteiger partial charge in [0.25, 0.3) is 0 Å². The molecular weight excluding hydrogens is 271 g/mol. The number of nitrogens with zero attached hydrogens (tertiary/aromatic N) is 2. The summed E-state index contributed by atoms with van der Waals surface area (Å²) in [6.07, 6.45) is 0.333. The number of hydrogen-bond donors (Lipinski definition) is 0. The van der Waals surface area contributed by atoms with Crippen molar-refractivity contribution >= 4 is 45.9 Å². The molecule has 0 saturated heterocycles. The van der Waals surface area contributed by atoms with Gasteiger partial charge in [0.15, 0.2) is 0 Å². The molecule has 2 aromatic heterocycles. The largest absolute Gasteiger partial charge is 0.240 e. The van der Waals surface area contributed by atoms with Crippen molar-refractivity contribution in [1.29, 1.82) is 5.26 Å². The normalized spacial score (nSPS) is 10.2. The maximum Gasteiger partial charge on any atom is 0.107 e. The van der Waals surface area contributed by atoms with E-state index in [1.807, 2.05) is 5.38 Å². The van der Waals surface area contributed by atoms with Gasteiger partial charge in [0.05, 0.1) is 22.5 Å². The highest BCUT2D eigenvalue weighted by Crippen LogP contribution is 2.38. The van der Waals surface area contributed by atoms with E-state index in [2.05, 4.69) is 11.1 Å². The predicted molar refractivity (Wildman–Crippen MR) is 64.8 cm³/mol. The summed E-state index contributed by atoms with van der Waals surface area (Å²) in [6.45, 7) is 0. The second-order valence-corrected chi connectivity index (χ2v) is 5.93. The van der Waals surface area contributed by atoms with E-state index in [0.717, 1.165) is 16.3 Å². The number of rotatable bonds is 2. The van der Waals surface area contributed by atoms with Gasteiger partial charge < -0.3 is 0 Å². The first-order chi connectivity index (χ1) is 7.20. The van der Waals surface area contributed by atoms with Gasteiger partial charge in [0.1, 0.15) is 9.34 Å². The second-order valence-electron chi connectivity index (χ2n) is 2.70. The van der Waals surface area contributed by atoms with Gasteiger partial charge in [0.2, 0.25) is 0 Å². The van der Waals surface area contributed by atoms with Crippen molar-refractivity contribution in [2.75, 3.05) is 0 Å². The van der Waals surface area contributed by atoms with E-state index in [4.69, 9.17) is 28.5 Å². The van der Waals surface area contributed by atoms with Gasteiger partial charge in [-0.2, -0.15) is 5.26 Å². The van der Waals surface area contributed by atoms with E-state index in [9.17, 15) is 0 Å². The number of nitriles is 1. The molecule has 0 amide bonds. The molecule has 0 spiro atoms. The third kappa shape index (κ3) is 2.32. The molecule has 0 unspecified atom stereocenters. The Bertz CT molecular complexity index is 524. The number of thiazole rings is 1. The van der Waals surface area contributed by atoms with Gasteiger partial charge >= 0.3 is 0 Å². The Labute approximate surface area is 105 Å². The van der Waals surface area contributed by atoms with Crippen LogP contribution in [0.1, 0.15) is 5.01 Å². The molecular formula is C9H4Cl2N2S2. The van der Waals surface area contributed by atoms with Crippen LogP contribution in [0.4, 0.5) is 0 Å². The molecule has 0 aromatic carbocycles. The van der Waals surface area contributed by atoms with Crippen LogP contribution in [-0.4, -0.2) is 4.98 Å². The summed E-state index contributed by atoms with van der Waals surface area (Å²) in [5.41, 5.74) is 1.63. The third-order valence-corrected chi connectivity index (χ3v) is 4.05. The lowest BCUT2D eigenvalue weighted by Crippen LogP contribution is -1.79. The van der Waals surface area contributed by atoms with Crippen LogP contribution in [0.25, 0.3) is 11.3 Å². The van der Waals surface area contributed by atoms with Crippen LogP contribution in [0.5, 0.6) is 0 Å². The van der Waals surface area contributed by atoms with E-state index < -0.39 is 0 Å². The summed E-state index contributed by atoms with van der Waals surface area (Å²) in [5, 5.41) is 11.2. The molecule has 15 heavy (non-hydrogen) atoms. The van der Waals surface area contributed by atoms with Crippen molar-refractivity contribution in [3.63, 3.8) is 0 Å². The third-order valence-electron chi connectivity index (χ3n) is 1.71. The van der Waals surface area contributed by atoms with E-state index in [0.29, 0.717) is 15.1 Å². The first-order valence-electron chi connectivity index (χ1n) is 3.97. The van der Waals surface area contributed by atoms with Gasteiger partial charge in [-0.3, -0.25) is 0 Å². The highest BCUT2D eigenvalue weighted by atomic mass is 35.5. The maximum atomic E-state index is 8.53. The summed E-state index contributed by atoms with van der Waals surface area (Å²) in [6, 6.07) is 3.85. The molecule has 76 valence electrons. The van der Waals surface area contributed by atoms with Gasteiger partial charge in [-0.25, -0.2) is 4.98 Å². The lowest BCUT2D eigenvalue weighted by Gasteiger charge is -1.90. The van der Waals surface area contributed by atoms with Crippen molar-refractivity contribution in [3.8, 4) is 17.3 Å². The SMILES string of the molecule is N#CCc1nc(-c2cc(Cl)sc2Cl)cs1. The van der Waals surface area contributed by atoms with Gasteiger partial charge in [-0.15, -0.1) is 22.7 Å². The van der Waals surface area contributed by atoms with E-state index in [1.54, 1.807) is 6.07 Å². The standard InChI is InChI=1S/C9H4Cl2N2S2/c10-7-3-5(9(11)15-7)6-4-14-8(13-6)1-2-12/h3-4H,1H2. The molecule has 0 aliphatic carbocycles. The summed E-state index contributed by atoms with van der Waals surface area (Å²) in [4.78, 5) is 4.30. The van der Waals surface area contributed by atoms with Gasteiger partial charge in [0, 0.05) is 10.9 Å². The summed E-state index contributed by atoms with van der Waals surface area (Å²) >= 11 is 14.6. The van der Waals surface area contributed by atoms with E-state index >= 15 is 0 Å². The minimum atomic E-state index is 0.333. The summed E-state index contributed by atoms with van der Waals surface area (Å²) in [5.74, 6) is 0. The fraction of sp³-hybridized carbons (Fsp3) is 0.111. The van der Waals surface area contributed by atoms with Crippen molar-refractivity contribution < 1.29 is 0 Å². The zero-order valence-corrected chi connectivity index (χ0v) is 10.5. The first kappa shape index (κ1) is 10.9. The molecule has 2 nitrogen and oxygen atoms in total. The molecule has 2 heterocycles. The van der Waals surface area contributed by atoms with Crippen molar-refractivity contribution in [2.45, 2.75) is 6.42 Å². The first-order valence-corrected chi connectivity index (χ1v) is 6.42. The monoisotopic (exact) mass is 274 g/mol. The summed E-state index contributed by atoms with van der Waals surface area (Å²) in [7, 11) is 0. The Morgan fingerprint density at radius 3 is 2.87 bits per heavy atom. The lowest BCUT2D eigenvalue weighted by molar-refractivity contribution is 1.19. The lowest BCUT2D eigenvalue weighted by atomic mass is 10.3. The average Bonchev–Trinajstić information content (AvgIpc) is 2.73. The van der Waals surface area contributed by atoms with Crippen LogP contribution in [0.3, 0.4) is 0 Å². The molecule has 6 heteroatoms. The predicted octanol–water partition coefficient (Wildman–Crippen LogP) is 4.24. The van der Waals surface area contributed by atoms with E-state index in [1.165, 1.54) is 22.7 Å². The molecule has 0 saturated carbocycles. The Morgan fingerprint density at radius 2 is 2.27 bits per heavy atom. The quantitative estimate of drug-likeness (QED) is 0.821. The van der Waals surface area contributed by atoms with Crippen molar-refractivity contribution in [3.05, 3.63) is 25.1 Å². The molecule has 0 aliphatic rings. The van der Waals surface area contributed by atoms with Crippen molar-refractivity contribution in [2.24, 2.45) is 0 Å².